The summed E-state index contributed by atoms with van der Waals surface area (Å²) >= 11 is 1.70. The van der Waals surface area contributed by atoms with Crippen molar-refractivity contribution >= 4 is 22.9 Å². The van der Waals surface area contributed by atoms with E-state index in [9.17, 15) is 4.79 Å². The van der Waals surface area contributed by atoms with Crippen molar-refractivity contribution in [2.45, 2.75) is 39.0 Å². The quantitative estimate of drug-likeness (QED) is 0.940. The normalized spacial score (nSPS) is 14.6. The first-order valence-electron chi connectivity index (χ1n) is 6.92. The van der Waals surface area contributed by atoms with Gasteiger partial charge in [-0.05, 0) is 38.3 Å². The predicted octanol–water partition coefficient (Wildman–Crippen LogP) is 3.16. The van der Waals surface area contributed by atoms with Gasteiger partial charge in [0.1, 0.15) is 0 Å². The molecule has 106 valence electrons. The minimum Gasteiger partial charge on any atom is -0.323 e. The van der Waals surface area contributed by atoms with Gasteiger partial charge in [-0.15, -0.1) is 11.3 Å². The third-order valence-electron chi connectivity index (χ3n) is 3.69. The number of aromatic nitrogens is 2. The van der Waals surface area contributed by atoms with Crippen LogP contribution in [0, 0.1) is 13.8 Å². The van der Waals surface area contributed by atoms with Crippen molar-refractivity contribution in [2.75, 3.05) is 5.32 Å². The number of nitrogens with one attached hydrogen (secondary N) is 1. The average Bonchev–Trinajstić information content (AvgIpc) is 3.07. The van der Waals surface area contributed by atoms with E-state index < -0.39 is 0 Å². The highest BCUT2D eigenvalue weighted by Crippen LogP contribution is 2.43. The molecule has 1 saturated carbocycles. The fraction of sp³-hybridized carbons (Fsp3) is 0.467. The molecule has 0 saturated heterocycles. The molecular formula is C15H19N3OS. The maximum absolute atomic E-state index is 12.2. The fourth-order valence-electron chi connectivity index (χ4n) is 2.59. The number of anilines is 1. The lowest BCUT2D eigenvalue weighted by Crippen LogP contribution is -2.15. The van der Waals surface area contributed by atoms with Gasteiger partial charge in [-0.2, -0.15) is 5.10 Å². The van der Waals surface area contributed by atoms with Crippen molar-refractivity contribution in [1.82, 2.24) is 9.78 Å². The van der Waals surface area contributed by atoms with E-state index in [0.717, 1.165) is 16.3 Å². The minimum absolute atomic E-state index is 0.0462. The van der Waals surface area contributed by atoms with E-state index in [1.807, 2.05) is 11.7 Å². The first-order chi connectivity index (χ1) is 9.54. The van der Waals surface area contributed by atoms with Crippen LogP contribution in [0.25, 0.3) is 0 Å². The Kier molecular flexibility index (Phi) is 3.38. The Labute approximate surface area is 122 Å². The summed E-state index contributed by atoms with van der Waals surface area (Å²) in [6.07, 6.45) is 4.61. The van der Waals surface area contributed by atoms with Crippen LogP contribution >= 0.6 is 11.3 Å². The number of aryl methyl sites for hydroxylation is 3. The molecule has 0 aromatic carbocycles. The molecule has 0 spiro atoms. The summed E-state index contributed by atoms with van der Waals surface area (Å²) in [6.45, 7) is 4.14. The van der Waals surface area contributed by atoms with Crippen LogP contribution in [0.1, 0.15) is 39.8 Å². The summed E-state index contributed by atoms with van der Waals surface area (Å²) in [6, 6.07) is 2.13. The van der Waals surface area contributed by atoms with Gasteiger partial charge in [0.15, 0.2) is 0 Å². The molecule has 0 aliphatic heterocycles. The molecule has 0 bridgehead atoms. The van der Waals surface area contributed by atoms with Gasteiger partial charge in [0.2, 0.25) is 5.91 Å². The van der Waals surface area contributed by atoms with Gasteiger partial charge < -0.3 is 5.32 Å². The number of carbonyl (C=O) groups excluding carboxylic acids is 1. The summed E-state index contributed by atoms with van der Waals surface area (Å²) in [5, 5.41) is 7.29. The van der Waals surface area contributed by atoms with Gasteiger partial charge in [0.05, 0.1) is 24.0 Å². The Morgan fingerprint density at radius 3 is 2.85 bits per heavy atom. The van der Waals surface area contributed by atoms with E-state index in [2.05, 4.69) is 30.3 Å². The number of carbonyl (C=O) groups is 1. The number of amides is 1. The highest BCUT2D eigenvalue weighted by atomic mass is 32.1. The second kappa shape index (κ2) is 5.05. The molecule has 4 nitrogen and oxygen atoms in total. The molecule has 5 heteroatoms. The van der Waals surface area contributed by atoms with Crippen molar-refractivity contribution in [1.29, 1.82) is 0 Å². The zero-order valence-electron chi connectivity index (χ0n) is 12.1. The van der Waals surface area contributed by atoms with E-state index in [4.69, 9.17) is 0 Å². The summed E-state index contributed by atoms with van der Waals surface area (Å²) in [4.78, 5) is 14.6. The topological polar surface area (TPSA) is 46.9 Å². The summed E-state index contributed by atoms with van der Waals surface area (Å²) < 4.78 is 1.88. The molecule has 1 fully saturated rings. The molecule has 1 N–H and O–H groups in total. The highest BCUT2D eigenvalue weighted by Gasteiger charge is 2.30. The number of rotatable bonds is 4. The van der Waals surface area contributed by atoms with Crippen LogP contribution < -0.4 is 5.32 Å². The van der Waals surface area contributed by atoms with Crippen LogP contribution in [0.5, 0.6) is 0 Å². The summed E-state index contributed by atoms with van der Waals surface area (Å²) in [5.41, 5.74) is 3.25. The van der Waals surface area contributed by atoms with Crippen molar-refractivity contribution < 1.29 is 4.79 Å². The monoisotopic (exact) mass is 289 g/mol. The van der Waals surface area contributed by atoms with E-state index in [0.29, 0.717) is 12.3 Å². The van der Waals surface area contributed by atoms with Gasteiger partial charge in [-0.1, -0.05) is 0 Å². The Morgan fingerprint density at radius 1 is 1.50 bits per heavy atom. The zero-order valence-corrected chi connectivity index (χ0v) is 12.9. The van der Waals surface area contributed by atoms with Crippen LogP contribution in [-0.4, -0.2) is 15.7 Å². The Balaban J connectivity index is 1.72. The Bertz CT molecular complexity index is 652. The number of thiophene rings is 1. The predicted molar refractivity (Wildman–Crippen MR) is 81.3 cm³/mol. The smallest absolute Gasteiger partial charge is 0.229 e. The second-order valence-electron chi connectivity index (χ2n) is 5.53. The molecule has 3 rings (SSSR count). The lowest BCUT2D eigenvalue weighted by Gasteiger charge is -2.06. The second-order valence-corrected chi connectivity index (χ2v) is 6.87. The fourth-order valence-corrected chi connectivity index (χ4v) is 3.64. The third-order valence-corrected chi connectivity index (χ3v) is 4.84. The van der Waals surface area contributed by atoms with Crippen molar-refractivity contribution in [3.8, 4) is 0 Å². The molecule has 1 aliphatic rings. The van der Waals surface area contributed by atoms with Crippen molar-refractivity contribution in [3.05, 3.63) is 33.3 Å². The van der Waals surface area contributed by atoms with Gasteiger partial charge in [0, 0.05) is 22.7 Å². The van der Waals surface area contributed by atoms with Gasteiger partial charge in [-0.3, -0.25) is 9.48 Å². The number of hydrogen-bond donors (Lipinski definition) is 1. The first kappa shape index (κ1) is 13.4. The molecule has 2 aromatic heterocycles. The number of nitrogens with zero attached hydrogens (tertiary/aromatic N) is 2. The SMILES string of the molecule is Cc1cc(C)c(CC(=O)Nc2cnn(C)c2C2CC2)s1. The molecule has 20 heavy (non-hydrogen) atoms. The van der Waals surface area contributed by atoms with Crippen LogP contribution in [0.4, 0.5) is 5.69 Å². The lowest BCUT2D eigenvalue weighted by atomic mass is 10.2. The molecule has 0 unspecified atom stereocenters. The summed E-state index contributed by atoms with van der Waals surface area (Å²) in [7, 11) is 1.94. The molecule has 0 radical (unpaired) electrons. The standard InChI is InChI=1S/C15H19N3OS/c1-9-6-10(2)20-13(9)7-14(19)17-12-8-16-18(3)15(12)11-4-5-11/h6,8,11H,4-5,7H2,1-3H3,(H,17,19). The van der Waals surface area contributed by atoms with E-state index in [1.54, 1.807) is 17.5 Å². The maximum atomic E-state index is 12.2. The van der Waals surface area contributed by atoms with Gasteiger partial charge in [0.25, 0.3) is 0 Å². The maximum Gasteiger partial charge on any atom is 0.229 e. The van der Waals surface area contributed by atoms with Crippen LogP contribution in [0.3, 0.4) is 0 Å². The molecular weight excluding hydrogens is 270 g/mol. The molecule has 0 atom stereocenters. The van der Waals surface area contributed by atoms with Crippen molar-refractivity contribution in [3.63, 3.8) is 0 Å². The van der Waals surface area contributed by atoms with Crippen LogP contribution in [0.15, 0.2) is 12.3 Å². The van der Waals surface area contributed by atoms with E-state index in [1.165, 1.54) is 23.3 Å². The van der Waals surface area contributed by atoms with Crippen molar-refractivity contribution in [2.24, 2.45) is 7.05 Å². The van der Waals surface area contributed by atoms with Crippen LogP contribution in [0.2, 0.25) is 0 Å². The Morgan fingerprint density at radius 2 is 2.25 bits per heavy atom. The van der Waals surface area contributed by atoms with E-state index in [-0.39, 0.29) is 5.91 Å². The van der Waals surface area contributed by atoms with Crippen LogP contribution in [-0.2, 0) is 18.3 Å². The number of hydrogen-bond acceptors (Lipinski definition) is 3. The minimum atomic E-state index is 0.0462. The largest absolute Gasteiger partial charge is 0.323 e. The highest BCUT2D eigenvalue weighted by molar-refractivity contribution is 7.12. The third kappa shape index (κ3) is 2.63. The first-order valence-corrected chi connectivity index (χ1v) is 7.74. The van der Waals surface area contributed by atoms with Gasteiger partial charge >= 0.3 is 0 Å². The zero-order chi connectivity index (χ0) is 14.3. The summed E-state index contributed by atoms with van der Waals surface area (Å²) in [5.74, 6) is 0.619. The van der Waals surface area contributed by atoms with E-state index >= 15 is 0 Å². The van der Waals surface area contributed by atoms with Gasteiger partial charge in [-0.25, -0.2) is 0 Å². The molecule has 2 heterocycles. The molecule has 1 aliphatic carbocycles. The average molecular weight is 289 g/mol. The molecule has 2 aromatic rings. The Hall–Kier alpha value is -1.62. The lowest BCUT2D eigenvalue weighted by molar-refractivity contribution is -0.115. The molecule has 1 amide bonds.